The second kappa shape index (κ2) is 10.1. The van der Waals surface area contributed by atoms with E-state index in [1.165, 1.54) is 24.0 Å². The third-order valence-corrected chi connectivity index (χ3v) is 5.56. The minimum atomic E-state index is 0.518. The first kappa shape index (κ1) is 20.2. The van der Waals surface area contributed by atoms with Gasteiger partial charge in [0.2, 0.25) is 0 Å². The number of rotatable bonds is 8. The van der Waals surface area contributed by atoms with E-state index in [1.54, 1.807) is 7.11 Å². The lowest BCUT2D eigenvalue weighted by Gasteiger charge is -2.23. The van der Waals surface area contributed by atoms with Gasteiger partial charge in [0, 0.05) is 6.54 Å². The SMILES string of the molecule is COc1cc(CNCC2CCNCC2)cc(Br)c1OCc1cccc(C)c1. The largest absolute Gasteiger partial charge is 0.493 e. The quantitative estimate of drug-likeness (QED) is 0.646. The first-order valence-electron chi connectivity index (χ1n) is 9.62. The van der Waals surface area contributed by atoms with Gasteiger partial charge in [-0.2, -0.15) is 0 Å². The fourth-order valence-electron chi connectivity index (χ4n) is 3.48. The van der Waals surface area contributed by atoms with Crippen LogP contribution in [0.4, 0.5) is 0 Å². The van der Waals surface area contributed by atoms with Gasteiger partial charge in [0.05, 0.1) is 11.6 Å². The van der Waals surface area contributed by atoms with Crippen LogP contribution in [0, 0.1) is 12.8 Å². The third kappa shape index (κ3) is 5.96. The molecular weight excluding hydrogens is 404 g/mol. The number of halogens is 1. The lowest BCUT2D eigenvalue weighted by molar-refractivity contribution is 0.282. The maximum atomic E-state index is 6.06. The summed E-state index contributed by atoms with van der Waals surface area (Å²) in [6.45, 7) is 6.78. The Morgan fingerprint density at radius 3 is 2.70 bits per heavy atom. The summed E-state index contributed by atoms with van der Waals surface area (Å²) in [5, 5.41) is 7.00. The van der Waals surface area contributed by atoms with Gasteiger partial charge in [-0.15, -0.1) is 0 Å². The van der Waals surface area contributed by atoms with Crippen LogP contribution in [0.2, 0.25) is 0 Å². The minimum Gasteiger partial charge on any atom is -0.493 e. The summed E-state index contributed by atoms with van der Waals surface area (Å²) in [6, 6.07) is 12.5. The highest BCUT2D eigenvalue weighted by molar-refractivity contribution is 9.10. The molecule has 0 bridgehead atoms. The molecule has 0 aliphatic carbocycles. The molecule has 0 aromatic heterocycles. The Hall–Kier alpha value is -1.56. The van der Waals surface area contributed by atoms with E-state index in [0.717, 1.165) is 53.6 Å². The molecule has 2 aromatic carbocycles. The number of hydrogen-bond donors (Lipinski definition) is 2. The van der Waals surface area contributed by atoms with Crippen molar-refractivity contribution in [2.24, 2.45) is 5.92 Å². The highest BCUT2D eigenvalue weighted by Gasteiger charge is 2.14. The standard InChI is InChI=1S/C22H29BrN2O2/c1-16-4-3-5-18(10-16)15-27-22-20(23)11-19(12-21(22)26-2)14-25-13-17-6-8-24-9-7-17/h3-5,10-12,17,24-25H,6-9,13-15H2,1-2H3. The lowest BCUT2D eigenvalue weighted by atomic mass is 9.98. The molecule has 1 saturated heterocycles. The number of benzene rings is 2. The number of piperidine rings is 1. The van der Waals surface area contributed by atoms with Crippen molar-refractivity contribution in [2.75, 3.05) is 26.7 Å². The summed E-state index contributed by atoms with van der Waals surface area (Å²) in [6.07, 6.45) is 2.51. The average molecular weight is 433 g/mol. The Morgan fingerprint density at radius 2 is 1.96 bits per heavy atom. The third-order valence-electron chi connectivity index (χ3n) is 4.98. The predicted molar refractivity (Wildman–Crippen MR) is 114 cm³/mol. The molecule has 0 radical (unpaired) electrons. The number of methoxy groups -OCH3 is 1. The molecule has 0 spiro atoms. The summed E-state index contributed by atoms with van der Waals surface area (Å²) in [5.74, 6) is 2.28. The number of nitrogens with one attached hydrogen (secondary N) is 2. The second-order valence-electron chi connectivity index (χ2n) is 7.21. The monoisotopic (exact) mass is 432 g/mol. The molecule has 2 N–H and O–H groups in total. The van der Waals surface area contributed by atoms with E-state index in [0.29, 0.717) is 6.61 Å². The number of aryl methyl sites for hydroxylation is 1. The van der Waals surface area contributed by atoms with Gasteiger partial charge in [-0.05, 0) is 84.5 Å². The molecule has 4 nitrogen and oxygen atoms in total. The van der Waals surface area contributed by atoms with E-state index < -0.39 is 0 Å². The molecule has 0 unspecified atom stereocenters. The van der Waals surface area contributed by atoms with Crippen LogP contribution in [0.15, 0.2) is 40.9 Å². The van der Waals surface area contributed by atoms with Crippen molar-refractivity contribution in [3.05, 3.63) is 57.6 Å². The number of ether oxygens (including phenoxy) is 2. The van der Waals surface area contributed by atoms with Crippen LogP contribution in [0.5, 0.6) is 11.5 Å². The molecule has 3 rings (SSSR count). The van der Waals surface area contributed by atoms with Crippen molar-refractivity contribution in [2.45, 2.75) is 32.9 Å². The van der Waals surface area contributed by atoms with Crippen molar-refractivity contribution >= 4 is 15.9 Å². The van der Waals surface area contributed by atoms with E-state index in [-0.39, 0.29) is 0 Å². The van der Waals surface area contributed by atoms with Crippen molar-refractivity contribution in [1.82, 2.24) is 10.6 Å². The van der Waals surface area contributed by atoms with E-state index in [2.05, 4.69) is 69.9 Å². The van der Waals surface area contributed by atoms with Crippen molar-refractivity contribution in [1.29, 1.82) is 0 Å². The molecule has 0 atom stereocenters. The van der Waals surface area contributed by atoms with E-state index in [4.69, 9.17) is 9.47 Å². The topological polar surface area (TPSA) is 42.5 Å². The first-order chi connectivity index (χ1) is 13.2. The zero-order chi connectivity index (χ0) is 19.1. The van der Waals surface area contributed by atoms with Gasteiger partial charge >= 0.3 is 0 Å². The van der Waals surface area contributed by atoms with Gasteiger partial charge in [0.25, 0.3) is 0 Å². The Labute approximate surface area is 170 Å². The maximum absolute atomic E-state index is 6.06. The Morgan fingerprint density at radius 1 is 1.15 bits per heavy atom. The van der Waals surface area contributed by atoms with Crippen LogP contribution < -0.4 is 20.1 Å². The molecule has 1 fully saturated rings. The molecule has 0 amide bonds. The summed E-state index contributed by atoms with van der Waals surface area (Å²) >= 11 is 3.65. The fraction of sp³-hybridized carbons (Fsp3) is 0.455. The summed E-state index contributed by atoms with van der Waals surface area (Å²) in [5.41, 5.74) is 3.57. The zero-order valence-corrected chi connectivity index (χ0v) is 17.8. The molecule has 146 valence electrons. The Bertz CT molecular complexity index is 745. The molecular formula is C22H29BrN2O2. The van der Waals surface area contributed by atoms with Crippen LogP contribution in [0.1, 0.15) is 29.5 Å². The number of hydrogen-bond acceptors (Lipinski definition) is 4. The Kier molecular flexibility index (Phi) is 7.56. The van der Waals surface area contributed by atoms with Crippen LogP contribution >= 0.6 is 15.9 Å². The van der Waals surface area contributed by atoms with E-state index >= 15 is 0 Å². The van der Waals surface area contributed by atoms with Crippen molar-refractivity contribution < 1.29 is 9.47 Å². The fourth-order valence-corrected chi connectivity index (χ4v) is 4.08. The maximum Gasteiger partial charge on any atom is 0.175 e. The lowest BCUT2D eigenvalue weighted by Crippen LogP contribution is -2.33. The highest BCUT2D eigenvalue weighted by atomic mass is 79.9. The molecule has 5 heteroatoms. The van der Waals surface area contributed by atoms with Gasteiger partial charge in [0.15, 0.2) is 11.5 Å². The second-order valence-corrected chi connectivity index (χ2v) is 8.07. The molecule has 1 aliphatic heterocycles. The minimum absolute atomic E-state index is 0.518. The van der Waals surface area contributed by atoms with Crippen LogP contribution in [0.3, 0.4) is 0 Å². The van der Waals surface area contributed by atoms with E-state index in [1.807, 2.05) is 0 Å². The van der Waals surface area contributed by atoms with Crippen molar-refractivity contribution in [3.63, 3.8) is 0 Å². The van der Waals surface area contributed by atoms with Gasteiger partial charge in [-0.3, -0.25) is 0 Å². The molecule has 2 aromatic rings. The van der Waals surface area contributed by atoms with Gasteiger partial charge in [-0.25, -0.2) is 0 Å². The van der Waals surface area contributed by atoms with Crippen LogP contribution in [0.25, 0.3) is 0 Å². The Balaban J connectivity index is 1.60. The van der Waals surface area contributed by atoms with E-state index in [9.17, 15) is 0 Å². The van der Waals surface area contributed by atoms with Gasteiger partial charge < -0.3 is 20.1 Å². The first-order valence-corrected chi connectivity index (χ1v) is 10.4. The molecule has 1 heterocycles. The highest BCUT2D eigenvalue weighted by Crippen LogP contribution is 2.37. The van der Waals surface area contributed by atoms with Crippen LogP contribution in [-0.4, -0.2) is 26.7 Å². The molecule has 27 heavy (non-hydrogen) atoms. The van der Waals surface area contributed by atoms with Crippen LogP contribution in [-0.2, 0) is 13.2 Å². The predicted octanol–water partition coefficient (Wildman–Crippen LogP) is 4.43. The average Bonchev–Trinajstić information content (AvgIpc) is 2.67. The summed E-state index contributed by atoms with van der Waals surface area (Å²) < 4.78 is 12.6. The van der Waals surface area contributed by atoms with Gasteiger partial charge in [0.1, 0.15) is 6.61 Å². The summed E-state index contributed by atoms with van der Waals surface area (Å²) in [7, 11) is 1.69. The molecule has 1 aliphatic rings. The smallest absolute Gasteiger partial charge is 0.175 e. The van der Waals surface area contributed by atoms with Crippen molar-refractivity contribution in [3.8, 4) is 11.5 Å². The zero-order valence-electron chi connectivity index (χ0n) is 16.2. The van der Waals surface area contributed by atoms with Gasteiger partial charge in [-0.1, -0.05) is 29.8 Å². The molecule has 0 saturated carbocycles. The normalized spacial score (nSPS) is 14.9. The summed E-state index contributed by atoms with van der Waals surface area (Å²) in [4.78, 5) is 0.